The van der Waals surface area contributed by atoms with Crippen molar-refractivity contribution in [2.45, 2.75) is 38.4 Å². The first-order valence-electron chi connectivity index (χ1n) is 11.8. The number of ether oxygens (including phenoxy) is 1. The van der Waals surface area contributed by atoms with Gasteiger partial charge in [-0.25, -0.2) is 0 Å². The first kappa shape index (κ1) is 27.1. The molecule has 192 valence electrons. The summed E-state index contributed by atoms with van der Waals surface area (Å²) in [4.78, 5) is 55.1. The molecule has 9 nitrogen and oxygen atoms in total. The lowest BCUT2D eigenvalue weighted by molar-refractivity contribution is -0.140. The van der Waals surface area contributed by atoms with Gasteiger partial charge < -0.3 is 20.7 Å². The molecule has 37 heavy (non-hydrogen) atoms. The van der Waals surface area contributed by atoms with Crippen LogP contribution in [0, 0.1) is 0 Å². The zero-order valence-electron chi connectivity index (χ0n) is 20.8. The molecule has 3 amide bonds. The van der Waals surface area contributed by atoms with Crippen LogP contribution in [-0.2, 0) is 38.6 Å². The molecule has 3 aromatic rings. The Morgan fingerprint density at radius 3 is 2.22 bits per heavy atom. The molecule has 0 aliphatic rings. The fraction of sp³-hybridized carbons (Fsp3) is 0.250. The van der Waals surface area contributed by atoms with Gasteiger partial charge in [-0.3, -0.25) is 24.2 Å². The second-order valence-electron chi connectivity index (χ2n) is 8.43. The van der Waals surface area contributed by atoms with Crippen LogP contribution >= 0.6 is 0 Å². The number of methoxy groups -OCH3 is 1. The van der Waals surface area contributed by atoms with Gasteiger partial charge in [-0.2, -0.15) is 0 Å². The lowest BCUT2D eigenvalue weighted by Crippen LogP contribution is -2.53. The Kier molecular flexibility index (Phi) is 9.90. The van der Waals surface area contributed by atoms with Gasteiger partial charge in [0.1, 0.15) is 17.8 Å². The predicted molar refractivity (Wildman–Crippen MR) is 137 cm³/mol. The summed E-state index contributed by atoms with van der Waals surface area (Å²) in [7, 11) is 1.56. The highest BCUT2D eigenvalue weighted by molar-refractivity contribution is 6.38. The normalized spacial score (nSPS) is 12.1. The number of carbonyl (C=O) groups is 4. The van der Waals surface area contributed by atoms with Crippen LogP contribution in [0.3, 0.4) is 0 Å². The summed E-state index contributed by atoms with van der Waals surface area (Å²) in [6.45, 7) is 1.60. The molecule has 3 N–H and O–H groups in total. The van der Waals surface area contributed by atoms with Crippen molar-refractivity contribution >= 4 is 23.5 Å². The van der Waals surface area contributed by atoms with Crippen molar-refractivity contribution in [1.82, 2.24) is 20.9 Å². The molecule has 0 unspecified atom stereocenters. The SMILES string of the molecule is COc1ccc(CC(=O)N[C@H](C)C(=O)N[C@H](Cc2ccccc2)C(=O)C(=O)NCc2ccccn2)cc1. The third-order valence-corrected chi connectivity index (χ3v) is 5.59. The van der Waals surface area contributed by atoms with Crippen LogP contribution in [0.2, 0.25) is 0 Å². The molecular formula is C28H30N4O5. The standard InChI is InChI=1S/C28H30N4O5/c1-19(31-25(33)17-21-11-13-23(37-2)14-12-21)27(35)32-24(16-20-8-4-3-5-9-20)26(34)28(36)30-18-22-10-6-7-15-29-22/h3-15,19,24H,16-18H2,1-2H3,(H,30,36)(H,31,33)(H,32,35)/t19-,24-/m1/s1. The Morgan fingerprint density at radius 1 is 0.865 bits per heavy atom. The van der Waals surface area contributed by atoms with Gasteiger partial charge in [-0.1, -0.05) is 48.5 Å². The molecule has 2 atom stereocenters. The van der Waals surface area contributed by atoms with E-state index in [1.165, 1.54) is 6.92 Å². The Bertz CT molecular complexity index is 1200. The second-order valence-corrected chi connectivity index (χ2v) is 8.43. The summed E-state index contributed by atoms with van der Waals surface area (Å²) < 4.78 is 5.11. The molecule has 0 aliphatic heterocycles. The number of hydrogen-bond donors (Lipinski definition) is 3. The predicted octanol–water partition coefficient (Wildman–Crippen LogP) is 1.75. The van der Waals surface area contributed by atoms with Gasteiger partial charge in [0.2, 0.25) is 17.6 Å². The Hall–Kier alpha value is -4.53. The van der Waals surface area contributed by atoms with Crippen LogP contribution in [0.15, 0.2) is 79.0 Å². The van der Waals surface area contributed by atoms with Crippen molar-refractivity contribution in [3.05, 3.63) is 95.8 Å². The van der Waals surface area contributed by atoms with Gasteiger partial charge in [0.25, 0.3) is 5.91 Å². The molecule has 0 saturated heterocycles. The van der Waals surface area contributed by atoms with Crippen LogP contribution in [-0.4, -0.2) is 47.7 Å². The molecule has 3 rings (SSSR count). The molecule has 1 aromatic heterocycles. The third kappa shape index (κ3) is 8.57. The number of ketones is 1. The molecule has 2 aromatic carbocycles. The Morgan fingerprint density at radius 2 is 1.57 bits per heavy atom. The van der Waals surface area contributed by atoms with Crippen LogP contribution in [0.5, 0.6) is 5.75 Å². The number of benzene rings is 2. The molecule has 1 heterocycles. The number of pyridine rings is 1. The number of nitrogens with one attached hydrogen (secondary N) is 3. The van der Waals surface area contributed by atoms with Gasteiger partial charge in [0, 0.05) is 12.6 Å². The number of nitrogens with zero attached hydrogens (tertiary/aromatic N) is 1. The summed E-state index contributed by atoms with van der Waals surface area (Å²) >= 11 is 0. The Balaban J connectivity index is 1.61. The monoisotopic (exact) mass is 502 g/mol. The maximum Gasteiger partial charge on any atom is 0.289 e. The molecule has 0 bridgehead atoms. The van der Waals surface area contributed by atoms with E-state index in [9.17, 15) is 19.2 Å². The van der Waals surface area contributed by atoms with E-state index in [2.05, 4.69) is 20.9 Å². The van der Waals surface area contributed by atoms with Crippen LogP contribution in [0.4, 0.5) is 0 Å². The zero-order valence-corrected chi connectivity index (χ0v) is 20.8. The molecular weight excluding hydrogens is 472 g/mol. The molecule has 9 heteroatoms. The largest absolute Gasteiger partial charge is 0.497 e. The van der Waals surface area contributed by atoms with Gasteiger partial charge in [0.05, 0.1) is 25.8 Å². The van der Waals surface area contributed by atoms with Crippen molar-refractivity contribution in [3.8, 4) is 5.75 Å². The molecule has 0 aliphatic carbocycles. The van der Waals surface area contributed by atoms with Crippen molar-refractivity contribution < 1.29 is 23.9 Å². The fourth-order valence-corrected chi connectivity index (χ4v) is 3.56. The number of carbonyl (C=O) groups excluding carboxylic acids is 4. The lowest BCUT2D eigenvalue weighted by atomic mass is 10.0. The zero-order chi connectivity index (χ0) is 26.6. The topological polar surface area (TPSA) is 126 Å². The Labute approximate surface area is 215 Å². The van der Waals surface area contributed by atoms with E-state index >= 15 is 0 Å². The number of amides is 3. The lowest BCUT2D eigenvalue weighted by Gasteiger charge is -2.21. The summed E-state index contributed by atoms with van der Waals surface area (Å²) in [6.07, 6.45) is 1.78. The van der Waals surface area contributed by atoms with Gasteiger partial charge in [-0.15, -0.1) is 0 Å². The maximum absolute atomic E-state index is 13.0. The summed E-state index contributed by atoms with van der Waals surface area (Å²) in [5.41, 5.74) is 2.13. The molecule has 0 saturated carbocycles. The van der Waals surface area contributed by atoms with E-state index in [0.29, 0.717) is 11.4 Å². The molecule has 0 radical (unpaired) electrons. The minimum Gasteiger partial charge on any atom is -0.497 e. The molecule has 0 fully saturated rings. The van der Waals surface area contributed by atoms with Crippen molar-refractivity contribution in [2.75, 3.05) is 7.11 Å². The minimum absolute atomic E-state index is 0.0733. The van der Waals surface area contributed by atoms with E-state index in [1.807, 2.05) is 18.2 Å². The summed E-state index contributed by atoms with van der Waals surface area (Å²) in [5.74, 6) is -1.87. The van der Waals surface area contributed by atoms with Gasteiger partial charge in [-0.05, 0) is 42.3 Å². The number of hydrogen-bond acceptors (Lipinski definition) is 6. The third-order valence-electron chi connectivity index (χ3n) is 5.59. The summed E-state index contributed by atoms with van der Waals surface area (Å²) in [5, 5.41) is 7.82. The van der Waals surface area contributed by atoms with Gasteiger partial charge >= 0.3 is 0 Å². The number of Topliss-reactive ketones (excluding diaryl/α,β-unsaturated/α-hetero) is 1. The second kappa shape index (κ2) is 13.5. The maximum atomic E-state index is 13.0. The van der Waals surface area contributed by atoms with Crippen molar-refractivity contribution in [1.29, 1.82) is 0 Å². The van der Waals surface area contributed by atoms with Crippen LogP contribution < -0.4 is 20.7 Å². The number of aromatic nitrogens is 1. The van der Waals surface area contributed by atoms with Crippen LogP contribution in [0.25, 0.3) is 0 Å². The quantitative estimate of drug-likeness (QED) is 0.324. The van der Waals surface area contributed by atoms with Crippen molar-refractivity contribution in [3.63, 3.8) is 0 Å². The van der Waals surface area contributed by atoms with Crippen LogP contribution in [0.1, 0.15) is 23.7 Å². The highest BCUT2D eigenvalue weighted by Gasteiger charge is 2.29. The van der Waals surface area contributed by atoms with E-state index in [1.54, 1.807) is 67.9 Å². The highest BCUT2D eigenvalue weighted by atomic mass is 16.5. The highest BCUT2D eigenvalue weighted by Crippen LogP contribution is 2.12. The van der Waals surface area contributed by atoms with E-state index in [4.69, 9.17) is 4.74 Å². The van der Waals surface area contributed by atoms with E-state index in [-0.39, 0.29) is 25.3 Å². The molecule has 0 spiro atoms. The average molecular weight is 503 g/mol. The van der Waals surface area contributed by atoms with Gasteiger partial charge in [0.15, 0.2) is 0 Å². The first-order valence-corrected chi connectivity index (χ1v) is 11.8. The average Bonchev–Trinajstić information content (AvgIpc) is 2.92. The smallest absolute Gasteiger partial charge is 0.289 e. The fourth-order valence-electron chi connectivity index (χ4n) is 3.56. The first-order chi connectivity index (χ1) is 17.9. The minimum atomic E-state index is -1.11. The number of rotatable bonds is 12. The van der Waals surface area contributed by atoms with Crippen molar-refractivity contribution in [2.24, 2.45) is 0 Å². The van der Waals surface area contributed by atoms with E-state index < -0.39 is 29.7 Å². The summed E-state index contributed by atoms with van der Waals surface area (Å²) in [6, 6.07) is 19.3. The van der Waals surface area contributed by atoms with E-state index in [0.717, 1.165) is 11.1 Å².